The maximum atomic E-state index is 12.0. The van der Waals surface area contributed by atoms with Gasteiger partial charge in [0, 0.05) is 19.3 Å². The van der Waals surface area contributed by atoms with Crippen molar-refractivity contribution in [3.05, 3.63) is 18.0 Å². The Morgan fingerprint density at radius 2 is 2.22 bits per heavy atom. The minimum Gasteiger partial charge on any atom is -0.397 e. The van der Waals surface area contributed by atoms with Gasteiger partial charge in [-0.2, -0.15) is 0 Å². The van der Waals surface area contributed by atoms with E-state index in [1.165, 1.54) is 0 Å². The molecule has 0 aliphatic heterocycles. The van der Waals surface area contributed by atoms with E-state index in [0.717, 1.165) is 13.0 Å². The highest BCUT2D eigenvalue weighted by molar-refractivity contribution is 5.93. The van der Waals surface area contributed by atoms with Gasteiger partial charge in [0.2, 0.25) is 0 Å². The van der Waals surface area contributed by atoms with Gasteiger partial charge in [0.1, 0.15) is 5.69 Å². The lowest BCUT2D eigenvalue weighted by atomic mass is 10.0. The first-order valence-electron chi connectivity index (χ1n) is 6.36. The Hall–Kier alpha value is -1.49. The van der Waals surface area contributed by atoms with Gasteiger partial charge in [-0.3, -0.25) is 4.79 Å². The molecule has 1 atom stereocenters. The molecule has 1 heterocycles. The van der Waals surface area contributed by atoms with Crippen LogP contribution >= 0.6 is 0 Å². The standard InChI is InChI=1S/C13H23N3O2/c1-4-6-16-8-10(14)7-11(16)12(17)15-9-13(3,18)5-2/h7-8,18H,4-6,9,14H2,1-3H3,(H,15,17). The normalized spacial score (nSPS) is 14.2. The molecule has 18 heavy (non-hydrogen) atoms. The predicted molar refractivity (Wildman–Crippen MR) is 72.4 cm³/mol. The molecule has 1 aromatic heterocycles. The smallest absolute Gasteiger partial charge is 0.268 e. The van der Waals surface area contributed by atoms with Crippen molar-refractivity contribution >= 4 is 11.6 Å². The zero-order valence-electron chi connectivity index (χ0n) is 11.4. The second-order valence-corrected chi connectivity index (χ2v) is 4.89. The summed E-state index contributed by atoms with van der Waals surface area (Å²) in [6.07, 6.45) is 3.28. The fourth-order valence-corrected chi connectivity index (χ4v) is 1.64. The molecule has 1 amide bonds. The van der Waals surface area contributed by atoms with E-state index in [2.05, 4.69) is 5.32 Å². The summed E-state index contributed by atoms with van der Waals surface area (Å²) in [4.78, 5) is 12.0. The zero-order valence-corrected chi connectivity index (χ0v) is 11.4. The van der Waals surface area contributed by atoms with Crippen LogP contribution in [0.2, 0.25) is 0 Å². The number of amides is 1. The number of aromatic nitrogens is 1. The highest BCUT2D eigenvalue weighted by Crippen LogP contribution is 2.12. The molecule has 0 aliphatic rings. The van der Waals surface area contributed by atoms with Crippen LogP contribution in [-0.4, -0.2) is 27.7 Å². The van der Waals surface area contributed by atoms with Gasteiger partial charge in [-0.1, -0.05) is 13.8 Å². The van der Waals surface area contributed by atoms with E-state index in [-0.39, 0.29) is 12.5 Å². The maximum Gasteiger partial charge on any atom is 0.268 e. The van der Waals surface area contributed by atoms with Crippen LogP contribution in [0.25, 0.3) is 0 Å². The Morgan fingerprint density at radius 1 is 1.56 bits per heavy atom. The summed E-state index contributed by atoms with van der Waals surface area (Å²) in [6.45, 7) is 6.61. The van der Waals surface area contributed by atoms with Crippen molar-refractivity contribution in [2.45, 2.75) is 45.8 Å². The van der Waals surface area contributed by atoms with E-state index in [1.54, 1.807) is 19.2 Å². The van der Waals surface area contributed by atoms with E-state index < -0.39 is 5.60 Å². The van der Waals surface area contributed by atoms with Gasteiger partial charge in [0.15, 0.2) is 0 Å². The Kier molecular flexibility index (Phi) is 4.78. The van der Waals surface area contributed by atoms with Crippen LogP contribution in [0, 0.1) is 0 Å². The lowest BCUT2D eigenvalue weighted by Gasteiger charge is -2.21. The topological polar surface area (TPSA) is 80.3 Å². The Bertz CT molecular complexity index is 410. The Labute approximate surface area is 108 Å². The first-order valence-corrected chi connectivity index (χ1v) is 6.36. The van der Waals surface area contributed by atoms with Crippen molar-refractivity contribution < 1.29 is 9.90 Å². The van der Waals surface area contributed by atoms with Crippen molar-refractivity contribution in [1.29, 1.82) is 0 Å². The summed E-state index contributed by atoms with van der Waals surface area (Å²) in [5.74, 6) is -0.200. The number of nitrogen functional groups attached to an aromatic ring is 1. The van der Waals surface area contributed by atoms with Crippen LogP contribution in [0.5, 0.6) is 0 Å². The van der Waals surface area contributed by atoms with Crippen molar-refractivity contribution in [1.82, 2.24) is 9.88 Å². The van der Waals surface area contributed by atoms with Crippen LogP contribution < -0.4 is 11.1 Å². The number of anilines is 1. The lowest BCUT2D eigenvalue weighted by molar-refractivity contribution is 0.0516. The highest BCUT2D eigenvalue weighted by atomic mass is 16.3. The average Bonchev–Trinajstić information content (AvgIpc) is 2.68. The predicted octanol–water partition coefficient (Wildman–Crippen LogP) is 1.37. The number of rotatable bonds is 6. The molecule has 0 radical (unpaired) electrons. The average molecular weight is 253 g/mol. The fraction of sp³-hybridized carbons (Fsp3) is 0.615. The molecule has 1 aromatic rings. The minimum absolute atomic E-state index is 0.200. The Balaban J connectivity index is 2.72. The van der Waals surface area contributed by atoms with Crippen molar-refractivity contribution in [3.63, 3.8) is 0 Å². The molecule has 0 aromatic carbocycles. The quantitative estimate of drug-likeness (QED) is 0.716. The zero-order chi connectivity index (χ0) is 13.8. The number of carbonyl (C=O) groups is 1. The largest absolute Gasteiger partial charge is 0.397 e. The molecule has 5 heteroatoms. The number of nitrogens with zero attached hydrogens (tertiary/aromatic N) is 1. The monoisotopic (exact) mass is 253 g/mol. The molecule has 5 nitrogen and oxygen atoms in total. The molecule has 4 N–H and O–H groups in total. The number of aryl methyl sites for hydroxylation is 1. The van der Waals surface area contributed by atoms with Crippen LogP contribution in [0.1, 0.15) is 44.1 Å². The van der Waals surface area contributed by atoms with Gasteiger partial charge in [0.25, 0.3) is 5.91 Å². The fourth-order valence-electron chi connectivity index (χ4n) is 1.64. The molecule has 0 fully saturated rings. The first kappa shape index (κ1) is 14.6. The highest BCUT2D eigenvalue weighted by Gasteiger charge is 2.20. The number of aliphatic hydroxyl groups is 1. The third-order valence-corrected chi connectivity index (χ3v) is 3.01. The van der Waals surface area contributed by atoms with Crippen LogP contribution in [0.4, 0.5) is 5.69 Å². The van der Waals surface area contributed by atoms with E-state index in [9.17, 15) is 9.90 Å². The third kappa shape index (κ3) is 3.77. The lowest BCUT2D eigenvalue weighted by Crippen LogP contribution is -2.40. The number of nitrogens with two attached hydrogens (primary N) is 1. The maximum absolute atomic E-state index is 12.0. The van der Waals surface area contributed by atoms with Crippen molar-refractivity contribution in [3.8, 4) is 0 Å². The van der Waals surface area contributed by atoms with E-state index >= 15 is 0 Å². The molecule has 0 bridgehead atoms. The molecule has 1 rings (SSSR count). The molecule has 102 valence electrons. The van der Waals surface area contributed by atoms with E-state index in [1.807, 2.05) is 18.4 Å². The summed E-state index contributed by atoms with van der Waals surface area (Å²) in [7, 11) is 0. The van der Waals surface area contributed by atoms with Gasteiger partial charge in [-0.05, 0) is 25.8 Å². The SMILES string of the molecule is CCCn1cc(N)cc1C(=O)NCC(C)(O)CC. The van der Waals surface area contributed by atoms with Crippen LogP contribution in [-0.2, 0) is 6.54 Å². The van der Waals surface area contributed by atoms with Crippen LogP contribution in [0.15, 0.2) is 12.3 Å². The summed E-state index contributed by atoms with van der Waals surface area (Å²) < 4.78 is 1.84. The van der Waals surface area contributed by atoms with E-state index in [4.69, 9.17) is 5.73 Å². The number of nitrogens with one attached hydrogen (secondary N) is 1. The van der Waals surface area contributed by atoms with E-state index in [0.29, 0.717) is 17.8 Å². The van der Waals surface area contributed by atoms with Crippen molar-refractivity contribution in [2.24, 2.45) is 0 Å². The number of hydrogen-bond acceptors (Lipinski definition) is 3. The summed E-state index contributed by atoms with van der Waals surface area (Å²) in [5, 5.41) is 12.6. The molecule has 0 saturated heterocycles. The van der Waals surface area contributed by atoms with Gasteiger partial charge < -0.3 is 20.7 Å². The second kappa shape index (κ2) is 5.91. The van der Waals surface area contributed by atoms with Crippen molar-refractivity contribution in [2.75, 3.05) is 12.3 Å². The molecular formula is C13H23N3O2. The minimum atomic E-state index is -0.872. The summed E-state index contributed by atoms with van der Waals surface area (Å²) >= 11 is 0. The van der Waals surface area contributed by atoms with Gasteiger partial charge in [0.05, 0.1) is 11.3 Å². The molecule has 1 unspecified atom stereocenters. The number of carbonyl (C=O) groups excluding carboxylic acids is 1. The van der Waals surface area contributed by atoms with Gasteiger partial charge in [-0.25, -0.2) is 0 Å². The molecule has 0 aliphatic carbocycles. The molecule has 0 saturated carbocycles. The Morgan fingerprint density at radius 3 is 2.78 bits per heavy atom. The van der Waals surface area contributed by atoms with Crippen LogP contribution in [0.3, 0.4) is 0 Å². The third-order valence-electron chi connectivity index (χ3n) is 3.01. The first-order chi connectivity index (χ1) is 8.39. The number of hydrogen-bond donors (Lipinski definition) is 3. The molecular weight excluding hydrogens is 230 g/mol. The summed E-state index contributed by atoms with van der Waals surface area (Å²) in [5.41, 5.74) is 5.96. The summed E-state index contributed by atoms with van der Waals surface area (Å²) in [6, 6.07) is 1.66. The second-order valence-electron chi connectivity index (χ2n) is 4.89. The van der Waals surface area contributed by atoms with Gasteiger partial charge in [-0.15, -0.1) is 0 Å². The van der Waals surface area contributed by atoms with Gasteiger partial charge >= 0.3 is 0 Å². The molecule has 0 spiro atoms.